The maximum absolute atomic E-state index is 13.8. The quantitative estimate of drug-likeness (QED) is 0.775. The Morgan fingerprint density at radius 1 is 1.32 bits per heavy atom. The van der Waals surface area contributed by atoms with E-state index in [0.29, 0.717) is 6.54 Å². The van der Waals surface area contributed by atoms with E-state index >= 15 is 0 Å². The van der Waals surface area contributed by atoms with Crippen LogP contribution in [-0.4, -0.2) is 22.6 Å². The number of halogens is 1. The van der Waals surface area contributed by atoms with Crippen LogP contribution in [-0.2, 0) is 20.0 Å². The fourth-order valence-corrected chi connectivity index (χ4v) is 2.98. The largest absolute Gasteiger partial charge is 0.494 e. The van der Waals surface area contributed by atoms with E-state index < -0.39 is 5.82 Å². The lowest BCUT2D eigenvalue weighted by Crippen LogP contribution is -2.24. The summed E-state index contributed by atoms with van der Waals surface area (Å²) >= 11 is 0. The highest BCUT2D eigenvalue weighted by Crippen LogP contribution is 2.22. The van der Waals surface area contributed by atoms with Gasteiger partial charge in [-0.3, -0.25) is 4.79 Å². The second-order valence-electron chi connectivity index (χ2n) is 5.81. The lowest BCUT2D eigenvalue weighted by Gasteiger charge is -2.12. The number of hydrogen-bond donors (Lipinski definition) is 1. The Morgan fingerprint density at radius 3 is 2.80 bits per heavy atom. The third-order valence-corrected chi connectivity index (χ3v) is 4.30. The predicted octanol–water partition coefficient (Wildman–Crippen LogP) is 3.21. The minimum atomic E-state index is -0.557. The first-order chi connectivity index (χ1) is 12.0. The van der Waals surface area contributed by atoms with Crippen molar-refractivity contribution in [2.24, 2.45) is 7.05 Å². The van der Waals surface area contributed by atoms with Crippen LogP contribution in [0, 0.1) is 5.82 Å². The van der Waals surface area contributed by atoms with Gasteiger partial charge in [0, 0.05) is 24.7 Å². The number of nitrogens with zero attached hydrogens (tertiary/aromatic N) is 2. The number of benzene rings is 2. The van der Waals surface area contributed by atoms with Gasteiger partial charge in [0.25, 0.3) is 5.91 Å². The molecule has 1 N–H and O–H groups in total. The summed E-state index contributed by atoms with van der Waals surface area (Å²) < 4.78 is 20.6. The van der Waals surface area contributed by atoms with Crippen LogP contribution >= 0.6 is 0 Å². The summed E-state index contributed by atoms with van der Waals surface area (Å²) in [6.45, 7) is 2.42. The number of nitrogens with one attached hydrogen (secondary N) is 1. The summed E-state index contributed by atoms with van der Waals surface area (Å²) in [4.78, 5) is 16.7. The molecule has 5 nitrogen and oxygen atoms in total. The van der Waals surface area contributed by atoms with Gasteiger partial charge in [0.1, 0.15) is 0 Å². The fourth-order valence-electron chi connectivity index (χ4n) is 2.98. The first-order valence-corrected chi connectivity index (χ1v) is 8.08. The molecule has 130 valence electrons. The van der Waals surface area contributed by atoms with E-state index in [9.17, 15) is 9.18 Å². The minimum Gasteiger partial charge on any atom is -0.494 e. The average Bonchev–Trinajstić information content (AvgIpc) is 3.00. The molecule has 2 aromatic carbocycles. The number of ether oxygens (including phenoxy) is 1. The van der Waals surface area contributed by atoms with Gasteiger partial charge in [-0.2, -0.15) is 0 Å². The molecule has 0 aliphatic carbocycles. The van der Waals surface area contributed by atoms with Crippen LogP contribution in [0.4, 0.5) is 4.39 Å². The molecule has 6 heteroatoms. The molecule has 3 aromatic rings. The number of amides is 1. The highest BCUT2D eigenvalue weighted by molar-refractivity contribution is 5.94. The number of hydrogen-bond acceptors (Lipinski definition) is 3. The van der Waals surface area contributed by atoms with Gasteiger partial charge in [0.2, 0.25) is 0 Å². The van der Waals surface area contributed by atoms with Gasteiger partial charge in [-0.25, -0.2) is 9.37 Å². The fraction of sp³-hybridized carbons (Fsp3) is 0.263. The monoisotopic (exact) mass is 341 g/mol. The normalized spacial score (nSPS) is 10.9. The van der Waals surface area contributed by atoms with Crippen LogP contribution < -0.4 is 10.1 Å². The SMILES string of the molecule is CCc1ccc2ncn(C)c2c1CNC(=O)c1ccc(OC)c(F)c1. The maximum Gasteiger partial charge on any atom is 0.251 e. The molecule has 0 spiro atoms. The Labute approximate surface area is 145 Å². The summed E-state index contributed by atoms with van der Waals surface area (Å²) in [5, 5.41) is 2.88. The third kappa shape index (κ3) is 3.20. The van der Waals surface area contributed by atoms with Gasteiger partial charge in [0.05, 0.1) is 24.5 Å². The molecule has 0 aliphatic heterocycles. The zero-order valence-electron chi connectivity index (χ0n) is 14.5. The third-order valence-electron chi connectivity index (χ3n) is 4.30. The highest BCUT2D eigenvalue weighted by Gasteiger charge is 2.14. The van der Waals surface area contributed by atoms with Crippen LogP contribution in [0.5, 0.6) is 5.75 Å². The molecule has 0 radical (unpaired) electrons. The summed E-state index contributed by atoms with van der Waals surface area (Å²) in [6, 6.07) is 8.19. The number of fused-ring (bicyclic) bond motifs is 1. The second-order valence-corrected chi connectivity index (χ2v) is 5.81. The molecule has 0 bridgehead atoms. The van der Waals surface area contributed by atoms with Gasteiger partial charge in [-0.05, 0) is 36.2 Å². The molecule has 0 saturated carbocycles. The van der Waals surface area contributed by atoms with Crippen molar-refractivity contribution in [1.29, 1.82) is 0 Å². The van der Waals surface area contributed by atoms with Crippen molar-refractivity contribution < 1.29 is 13.9 Å². The lowest BCUT2D eigenvalue weighted by atomic mass is 10.0. The Morgan fingerprint density at radius 2 is 2.12 bits per heavy atom. The van der Waals surface area contributed by atoms with Crippen molar-refractivity contribution >= 4 is 16.9 Å². The van der Waals surface area contributed by atoms with Crippen molar-refractivity contribution in [2.45, 2.75) is 19.9 Å². The Hall–Kier alpha value is -2.89. The van der Waals surface area contributed by atoms with E-state index in [2.05, 4.69) is 17.2 Å². The van der Waals surface area contributed by atoms with E-state index in [1.807, 2.05) is 23.7 Å². The van der Waals surface area contributed by atoms with Crippen LogP contribution in [0.1, 0.15) is 28.4 Å². The molecule has 0 fully saturated rings. The summed E-state index contributed by atoms with van der Waals surface area (Å²) in [5.41, 5.74) is 4.33. The van der Waals surface area contributed by atoms with Crippen LogP contribution in [0.2, 0.25) is 0 Å². The zero-order valence-corrected chi connectivity index (χ0v) is 14.5. The van der Waals surface area contributed by atoms with Crippen molar-refractivity contribution in [3.05, 3.63) is 59.2 Å². The molecular formula is C19H20FN3O2. The molecule has 1 aromatic heterocycles. The maximum atomic E-state index is 13.8. The summed E-state index contributed by atoms with van der Waals surface area (Å²) in [6.07, 6.45) is 2.61. The minimum absolute atomic E-state index is 0.115. The molecule has 0 aliphatic rings. The van der Waals surface area contributed by atoms with E-state index in [1.165, 1.54) is 19.2 Å². The first kappa shape index (κ1) is 17.0. The van der Waals surface area contributed by atoms with Crippen LogP contribution in [0.25, 0.3) is 11.0 Å². The van der Waals surface area contributed by atoms with Crippen molar-refractivity contribution in [3.63, 3.8) is 0 Å². The predicted molar refractivity (Wildman–Crippen MR) is 94.2 cm³/mol. The summed E-state index contributed by atoms with van der Waals surface area (Å²) in [5.74, 6) is -0.773. The Balaban J connectivity index is 1.86. The number of aromatic nitrogens is 2. The van der Waals surface area contributed by atoms with Crippen molar-refractivity contribution in [2.75, 3.05) is 7.11 Å². The number of aryl methyl sites for hydroxylation is 2. The van der Waals surface area contributed by atoms with E-state index in [1.54, 1.807) is 12.4 Å². The van der Waals surface area contributed by atoms with Gasteiger partial charge in [0.15, 0.2) is 11.6 Å². The molecule has 0 atom stereocenters. The van der Waals surface area contributed by atoms with Crippen molar-refractivity contribution in [3.8, 4) is 5.75 Å². The van der Waals surface area contributed by atoms with Gasteiger partial charge in [-0.1, -0.05) is 13.0 Å². The van der Waals surface area contributed by atoms with Crippen LogP contribution in [0.3, 0.4) is 0 Å². The molecule has 0 unspecified atom stereocenters. The average molecular weight is 341 g/mol. The smallest absolute Gasteiger partial charge is 0.251 e. The van der Waals surface area contributed by atoms with Gasteiger partial charge in [-0.15, -0.1) is 0 Å². The topological polar surface area (TPSA) is 56.2 Å². The summed E-state index contributed by atoms with van der Waals surface area (Å²) in [7, 11) is 3.32. The Bertz CT molecular complexity index is 934. The molecule has 3 rings (SSSR count). The van der Waals surface area contributed by atoms with E-state index in [0.717, 1.165) is 28.6 Å². The molecule has 1 heterocycles. The number of methoxy groups -OCH3 is 1. The number of carbonyl (C=O) groups excluding carboxylic acids is 1. The first-order valence-electron chi connectivity index (χ1n) is 8.08. The molecular weight excluding hydrogens is 321 g/mol. The van der Waals surface area contributed by atoms with Crippen molar-refractivity contribution in [1.82, 2.24) is 14.9 Å². The number of imidazole rings is 1. The standard InChI is InChI=1S/C19H20FN3O2/c1-4-12-5-7-16-18(23(2)11-22-16)14(12)10-21-19(24)13-6-8-17(25-3)15(20)9-13/h5-9,11H,4,10H2,1-3H3,(H,21,24). The molecule has 25 heavy (non-hydrogen) atoms. The Kier molecular flexibility index (Phi) is 4.70. The highest BCUT2D eigenvalue weighted by atomic mass is 19.1. The lowest BCUT2D eigenvalue weighted by molar-refractivity contribution is 0.0950. The second kappa shape index (κ2) is 6.93. The van der Waals surface area contributed by atoms with Crippen LogP contribution in [0.15, 0.2) is 36.7 Å². The number of rotatable bonds is 5. The van der Waals surface area contributed by atoms with E-state index in [4.69, 9.17) is 4.74 Å². The molecule has 0 saturated heterocycles. The molecule has 1 amide bonds. The zero-order chi connectivity index (χ0) is 18.0. The number of carbonyl (C=O) groups is 1. The van der Waals surface area contributed by atoms with Gasteiger partial charge < -0.3 is 14.6 Å². The van der Waals surface area contributed by atoms with E-state index in [-0.39, 0.29) is 17.2 Å². The van der Waals surface area contributed by atoms with Gasteiger partial charge >= 0.3 is 0 Å².